The van der Waals surface area contributed by atoms with Crippen LogP contribution in [0.4, 0.5) is 5.95 Å². The molecule has 1 unspecified atom stereocenters. The van der Waals surface area contributed by atoms with Gasteiger partial charge in [0.05, 0.1) is 16.2 Å². The van der Waals surface area contributed by atoms with Crippen molar-refractivity contribution in [3.8, 4) is 0 Å². The molecule has 0 fully saturated rings. The number of thioether (sulfide) groups is 1. The predicted octanol–water partition coefficient (Wildman–Crippen LogP) is 4.26. The molecular weight excluding hydrogens is 454 g/mol. The first-order chi connectivity index (χ1) is 14.0. The van der Waals surface area contributed by atoms with Crippen LogP contribution >= 0.6 is 27.7 Å². The van der Waals surface area contributed by atoms with E-state index < -0.39 is 5.25 Å². The van der Waals surface area contributed by atoms with Crippen molar-refractivity contribution in [1.82, 2.24) is 19.5 Å². The largest absolute Gasteiger partial charge is 0.294 e. The summed E-state index contributed by atoms with van der Waals surface area (Å²) in [6, 6.07) is 7.13. The number of amides is 1. The second kappa shape index (κ2) is 9.98. The number of unbranched alkanes of at least 4 members (excludes halogenated alkanes) is 2. The van der Waals surface area contributed by atoms with Crippen LogP contribution in [0.5, 0.6) is 0 Å². The lowest BCUT2D eigenvalue weighted by molar-refractivity contribution is -0.115. The Kier molecular flexibility index (Phi) is 7.38. The van der Waals surface area contributed by atoms with Crippen molar-refractivity contribution >= 4 is 50.5 Å². The molecule has 2 heterocycles. The van der Waals surface area contributed by atoms with Gasteiger partial charge in [-0.05, 0) is 37.6 Å². The summed E-state index contributed by atoms with van der Waals surface area (Å²) in [5.41, 5.74) is 0.528. The van der Waals surface area contributed by atoms with Crippen LogP contribution in [-0.2, 0) is 11.3 Å². The van der Waals surface area contributed by atoms with E-state index in [0.29, 0.717) is 22.6 Å². The Balaban J connectivity index is 1.89. The lowest BCUT2D eigenvalue weighted by atomic mass is 10.2. The van der Waals surface area contributed by atoms with Gasteiger partial charge in [0.15, 0.2) is 5.16 Å². The van der Waals surface area contributed by atoms with Crippen LogP contribution in [0, 0.1) is 0 Å². The van der Waals surface area contributed by atoms with E-state index in [1.54, 1.807) is 36.0 Å². The fourth-order valence-electron chi connectivity index (χ4n) is 2.77. The summed E-state index contributed by atoms with van der Waals surface area (Å²) in [4.78, 5) is 38.4. The summed E-state index contributed by atoms with van der Waals surface area (Å²) in [5.74, 6) is 0.00747. The topological polar surface area (TPSA) is 89.8 Å². The summed E-state index contributed by atoms with van der Waals surface area (Å²) in [6.45, 7) is 4.46. The number of benzene rings is 1. The van der Waals surface area contributed by atoms with Crippen molar-refractivity contribution in [3.63, 3.8) is 0 Å². The van der Waals surface area contributed by atoms with E-state index in [9.17, 15) is 9.59 Å². The zero-order chi connectivity index (χ0) is 20.8. The number of carbonyl (C=O) groups excluding carboxylic acids is 1. The number of fused-ring (bicyclic) bond motifs is 1. The molecule has 1 amide bonds. The van der Waals surface area contributed by atoms with Gasteiger partial charge in [-0.25, -0.2) is 15.0 Å². The van der Waals surface area contributed by atoms with E-state index in [2.05, 4.69) is 43.1 Å². The summed E-state index contributed by atoms with van der Waals surface area (Å²) in [6.07, 6.45) is 6.08. The van der Waals surface area contributed by atoms with E-state index in [-0.39, 0.29) is 17.4 Å². The molecule has 1 N–H and O–H groups in total. The number of hydrogen-bond acceptors (Lipinski definition) is 6. The molecule has 3 aromatic rings. The van der Waals surface area contributed by atoms with Crippen molar-refractivity contribution in [2.75, 3.05) is 5.32 Å². The lowest BCUT2D eigenvalue weighted by Gasteiger charge is -2.16. The van der Waals surface area contributed by atoms with Gasteiger partial charge >= 0.3 is 0 Å². The fourth-order valence-corrected chi connectivity index (χ4v) is 4.06. The van der Waals surface area contributed by atoms with Crippen LogP contribution in [0.3, 0.4) is 0 Å². The maximum atomic E-state index is 13.1. The zero-order valence-electron chi connectivity index (χ0n) is 16.3. The van der Waals surface area contributed by atoms with Gasteiger partial charge in [0, 0.05) is 23.4 Å². The number of carbonyl (C=O) groups is 1. The molecule has 0 bridgehead atoms. The van der Waals surface area contributed by atoms with Crippen LogP contribution in [0.1, 0.15) is 33.1 Å². The number of anilines is 1. The number of hydrogen-bond donors (Lipinski definition) is 1. The SMILES string of the molecule is CCCCCn1c(SC(C)C(=O)Nc2ncccn2)nc2ccc(Br)cc2c1=O. The summed E-state index contributed by atoms with van der Waals surface area (Å²) < 4.78 is 2.51. The van der Waals surface area contributed by atoms with Crippen LogP contribution in [0.2, 0.25) is 0 Å². The minimum absolute atomic E-state index is 0.0890. The molecule has 0 saturated carbocycles. The molecule has 3 rings (SSSR count). The highest BCUT2D eigenvalue weighted by molar-refractivity contribution is 9.10. The highest BCUT2D eigenvalue weighted by Gasteiger charge is 2.20. The third kappa shape index (κ3) is 5.42. The van der Waals surface area contributed by atoms with E-state index in [4.69, 9.17) is 0 Å². The normalized spacial score (nSPS) is 12.1. The zero-order valence-corrected chi connectivity index (χ0v) is 18.7. The van der Waals surface area contributed by atoms with Gasteiger partial charge in [-0.15, -0.1) is 0 Å². The first-order valence-corrected chi connectivity index (χ1v) is 11.1. The van der Waals surface area contributed by atoms with Gasteiger partial charge < -0.3 is 0 Å². The molecule has 0 spiro atoms. The molecule has 1 aromatic carbocycles. The number of nitrogens with one attached hydrogen (secondary N) is 1. The van der Waals surface area contributed by atoms with Crippen molar-refractivity contribution in [1.29, 1.82) is 0 Å². The summed E-state index contributed by atoms with van der Waals surface area (Å²) in [7, 11) is 0. The number of nitrogens with zero attached hydrogens (tertiary/aromatic N) is 4. The Morgan fingerprint density at radius 2 is 2.03 bits per heavy atom. The van der Waals surface area contributed by atoms with E-state index in [1.165, 1.54) is 11.8 Å². The molecule has 2 aromatic heterocycles. The Bertz CT molecular complexity index is 1060. The molecule has 0 aliphatic heterocycles. The number of aromatic nitrogens is 4. The smallest absolute Gasteiger partial charge is 0.262 e. The van der Waals surface area contributed by atoms with Crippen LogP contribution in [0.15, 0.2) is 51.1 Å². The summed E-state index contributed by atoms with van der Waals surface area (Å²) >= 11 is 4.68. The predicted molar refractivity (Wildman–Crippen MR) is 119 cm³/mol. The number of rotatable bonds is 8. The minimum Gasteiger partial charge on any atom is -0.294 e. The molecule has 29 heavy (non-hydrogen) atoms. The maximum Gasteiger partial charge on any atom is 0.262 e. The standard InChI is InChI=1S/C20H22BrN5O2S/c1-3-4-5-11-26-18(28)15-12-14(21)7-8-16(15)24-20(26)29-13(2)17(27)25-19-22-9-6-10-23-19/h6-10,12-13H,3-5,11H2,1-2H3,(H,22,23,25,27). The number of halogens is 1. The van der Waals surface area contributed by atoms with Crippen molar-refractivity contribution in [3.05, 3.63) is 51.5 Å². The van der Waals surface area contributed by atoms with Crippen LogP contribution < -0.4 is 10.9 Å². The first kappa shape index (κ1) is 21.4. The molecular formula is C20H22BrN5O2S. The molecule has 7 nitrogen and oxygen atoms in total. The Labute approximate surface area is 181 Å². The van der Waals surface area contributed by atoms with E-state index in [0.717, 1.165) is 23.7 Å². The van der Waals surface area contributed by atoms with E-state index in [1.807, 2.05) is 12.1 Å². The second-order valence-electron chi connectivity index (χ2n) is 6.54. The lowest BCUT2D eigenvalue weighted by Crippen LogP contribution is -2.27. The van der Waals surface area contributed by atoms with Gasteiger partial charge in [0.25, 0.3) is 5.56 Å². The van der Waals surface area contributed by atoms with Gasteiger partial charge in [0.2, 0.25) is 11.9 Å². The van der Waals surface area contributed by atoms with E-state index >= 15 is 0 Å². The first-order valence-electron chi connectivity index (χ1n) is 9.44. The third-order valence-corrected chi connectivity index (χ3v) is 5.90. The fraction of sp³-hybridized carbons (Fsp3) is 0.350. The van der Waals surface area contributed by atoms with Crippen LogP contribution in [0.25, 0.3) is 10.9 Å². The highest BCUT2D eigenvalue weighted by Crippen LogP contribution is 2.25. The minimum atomic E-state index is -0.476. The monoisotopic (exact) mass is 475 g/mol. The average Bonchev–Trinajstić information content (AvgIpc) is 2.71. The van der Waals surface area contributed by atoms with Crippen molar-refractivity contribution in [2.45, 2.75) is 50.1 Å². The Hall–Kier alpha value is -2.26. The van der Waals surface area contributed by atoms with Gasteiger partial charge in [-0.1, -0.05) is 47.5 Å². The molecule has 0 saturated heterocycles. The maximum absolute atomic E-state index is 13.1. The molecule has 0 radical (unpaired) electrons. The third-order valence-electron chi connectivity index (χ3n) is 4.32. The van der Waals surface area contributed by atoms with Gasteiger partial charge in [-0.3, -0.25) is 19.5 Å². The molecule has 1 atom stereocenters. The Morgan fingerprint density at radius 3 is 2.76 bits per heavy atom. The quantitative estimate of drug-likeness (QED) is 0.297. The van der Waals surface area contributed by atoms with Gasteiger partial charge in [-0.2, -0.15) is 0 Å². The molecule has 9 heteroatoms. The van der Waals surface area contributed by atoms with Crippen molar-refractivity contribution in [2.24, 2.45) is 0 Å². The van der Waals surface area contributed by atoms with Crippen molar-refractivity contribution < 1.29 is 4.79 Å². The molecule has 0 aliphatic rings. The molecule has 152 valence electrons. The summed E-state index contributed by atoms with van der Waals surface area (Å²) in [5, 5.41) is 3.32. The second-order valence-corrected chi connectivity index (χ2v) is 8.77. The Morgan fingerprint density at radius 1 is 1.28 bits per heavy atom. The van der Waals surface area contributed by atoms with Gasteiger partial charge in [0.1, 0.15) is 0 Å². The van der Waals surface area contributed by atoms with Crippen LogP contribution in [-0.4, -0.2) is 30.7 Å². The molecule has 0 aliphatic carbocycles. The average molecular weight is 476 g/mol. The highest BCUT2D eigenvalue weighted by atomic mass is 79.9.